The molecule has 1 aliphatic heterocycles. The third-order valence-electron chi connectivity index (χ3n) is 6.41. The standard InChI is InChI=1S/C32H28ClN3O5S/c1-19(2)41-31(39)28-20(3)34-32-36(29(28)23-14-8-9-15-24(23)33)30(38)26(42-32)17-21-11-7-10-16-25(21)40-18-27(37)35-22-12-5-4-6-13-22/h4-17,19,29H,18H2,1-3H3,(H,35,37). The zero-order valence-corrected chi connectivity index (χ0v) is 24.7. The summed E-state index contributed by atoms with van der Waals surface area (Å²) in [4.78, 5) is 44.7. The summed E-state index contributed by atoms with van der Waals surface area (Å²) < 4.78 is 13.2. The van der Waals surface area contributed by atoms with E-state index in [2.05, 4.69) is 10.3 Å². The molecule has 0 saturated carbocycles. The summed E-state index contributed by atoms with van der Waals surface area (Å²) in [5.74, 6) is -0.434. The summed E-state index contributed by atoms with van der Waals surface area (Å²) in [6.45, 7) is 5.03. The number of esters is 1. The number of carbonyl (C=O) groups excluding carboxylic acids is 2. The number of anilines is 1. The molecule has 0 fully saturated rings. The number of para-hydroxylation sites is 2. The van der Waals surface area contributed by atoms with Crippen molar-refractivity contribution in [2.24, 2.45) is 4.99 Å². The highest BCUT2D eigenvalue weighted by atomic mass is 35.5. The Morgan fingerprint density at radius 2 is 1.74 bits per heavy atom. The minimum absolute atomic E-state index is 0.214. The normalized spacial score (nSPS) is 14.8. The lowest BCUT2D eigenvalue weighted by Crippen LogP contribution is -2.40. The Labute approximate surface area is 251 Å². The lowest BCUT2D eigenvalue weighted by atomic mass is 9.96. The van der Waals surface area contributed by atoms with Crippen LogP contribution in [0.3, 0.4) is 0 Å². The maximum Gasteiger partial charge on any atom is 0.338 e. The number of carbonyl (C=O) groups is 2. The van der Waals surface area contributed by atoms with Crippen molar-refractivity contribution < 1.29 is 19.1 Å². The molecule has 0 saturated heterocycles. The van der Waals surface area contributed by atoms with Gasteiger partial charge < -0.3 is 14.8 Å². The van der Waals surface area contributed by atoms with Gasteiger partial charge in [-0.05, 0) is 56.7 Å². The van der Waals surface area contributed by atoms with E-state index in [1.54, 1.807) is 81.4 Å². The molecule has 42 heavy (non-hydrogen) atoms. The first kappa shape index (κ1) is 29.0. The van der Waals surface area contributed by atoms with Crippen molar-refractivity contribution in [2.75, 3.05) is 11.9 Å². The van der Waals surface area contributed by atoms with Crippen LogP contribution in [-0.2, 0) is 14.3 Å². The van der Waals surface area contributed by atoms with Gasteiger partial charge in [-0.3, -0.25) is 14.2 Å². The summed E-state index contributed by atoms with van der Waals surface area (Å²) in [5, 5.41) is 3.20. The number of allylic oxidation sites excluding steroid dienone is 1. The average Bonchev–Trinajstić information content (AvgIpc) is 3.26. The number of hydrogen-bond donors (Lipinski definition) is 1. The van der Waals surface area contributed by atoms with E-state index in [1.165, 1.54) is 15.9 Å². The molecule has 1 amide bonds. The topological polar surface area (TPSA) is 99.0 Å². The first-order valence-electron chi connectivity index (χ1n) is 13.3. The lowest BCUT2D eigenvalue weighted by molar-refractivity contribution is -0.143. The van der Waals surface area contributed by atoms with Crippen molar-refractivity contribution in [3.05, 3.63) is 126 Å². The second kappa shape index (κ2) is 12.6. The van der Waals surface area contributed by atoms with Gasteiger partial charge >= 0.3 is 5.97 Å². The van der Waals surface area contributed by atoms with Crippen molar-refractivity contribution >= 4 is 46.6 Å². The molecule has 8 nitrogen and oxygen atoms in total. The number of amides is 1. The monoisotopic (exact) mass is 601 g/mol. The molecular weight excluding hydrogens is 574 g/mol. The van der Waals surface area contributed by atoms with E-state index in [1.807, 2.05) is 24.3 Å². The van der Waals surface area contributed by atoms with Crippen LogP contribution in [0.4, 0.5) is 5.69 Å². The number of aromatic nitrogens is 1. The minimum atomic E-state index is -0.823. The van der Waals surface area contributed by atoms with Gasteiger partial charge in [-0.15, -0.1) is 0 Å². The Kier molecular flexibility index (Phi) is 8.70. The molecule has 1 aliphatic rings. The van der Waals surface area contributed by atoms with Crippen molar-refractivity contribution in [1.29, 1.82) is 0 Å². The molecule has 0 spiro atoms. The van der Waals surface area contributed by atoms with E-state index >= 15 is 0 Å². The van der Waals surface area contributed by atoms with Crippen molar-refractivity contribution in [3.8, 4) is 5.75 Å². The van der Waals surface area contributed by atoms with E-state index < -0.39 is 12.0 Å². The van der Waals surface area contributed by atoms with Gasteiger partial charge in [0.05, 0.1) is 21.9 Å². The molecule has 0 bridgehead atoms. The fraction of sp³-hybridized carbons (Fsp3) is 0.188. The van der Waals surface area contributed by atoms with Crippen LogP contribution in [0.2, 0.25) is 5.02 Å². The number of nitrogens with one attached hydrogen (secondary N) is 1. The van der Waals surface area contributed by atoms with E-state index in [9.17, 15) is 14.4 Å². The van der Waals surface area contributed by atoms with Gasteiger partial charge in [0.2, 0.25) is 0 Å². The van der Waals surface area contributed by atoms with Crippen LogP contribution in [0.15, 0.2) is 99.9 Å². The predicted molar refractivity (Wildman–Crippen MR) is 163 cm³/mol. The third kappa shape index (κ3) is 6.22. The largest absolute Gasteiger partial charge is 0.483 e. The number of thiazole rings is 1. The predicted octanol–water partition coefficient (Wildman–Crippen LogP) is 4.86. The highest BCUT2D eigenvalue weighted by Crippen LogP contribution is 2.34. The SMILES string of the molecule is CC1=C(C(=O)OC(C)C)C(c2ccccc2Cl)n2c(sc(=Cc3ccccc3OCC(=O)Nc3ccccc3)c2=O)=N1. The molecule has 5 rings (SSSR count). The Morgan fingerprint density at radius 1 is 1.05 bits per heavy atom. The van der Waals surface area contributed by atoms with Crippen LogP contribution in [0.25, 0.3) is 6.08 Å². The molecule has 3 aromatic carbocycles. The molecule has 0 aliphatic carbocycles. The summed E-state index contributed by atoms with van der Waals surface area (Å²) in [5.41, 5.74) is 2.23. The summed E-state index contributed by atoms with van der Waals surface area (Å²) in [6.07, 6.45) is 1.34. The van der Waals surface area contributed by atoms with Gasteiger partial charge in [0.15, 0.2) is 11.4 Å². The quantitative estimate of drug-likeness (QED) is 0.291. The molecule has 0 radical (unpaired) electrons. The van der Waals surface area contributed by atoms with E-state index in [0.717, 1.165) is 0 Å². The maximum absolute atomic E-state index is 14.0. The van der Waals surface area contributed by atoms with Crippen molar-refractivity contribution in [2.45, 2.75) is 32.9 Å². The average molecular weight is 602 g/mol. The van der Waals surface area contributed by atoms with E-state index in [0.29, 0.717) is 42.6 Å². The van der Waals surface area contributed by atoms with Crippen LogP contribution >= 0.6 is 22.9 Å². The van der Waals surface area contributed by atoms with Gasteiger partial charge in [-0.1, -0.05) is 77.5 Å². The minimum Gasteiger partial charge on any atom is -0.483 e. The molecule has 1 N–H and O–H groups in total. The highest BCUT2D eigenvalue weighted by Gasteiger charge is 2.34. The van der Waals surface area contributed by atoms with Gasteiger partial charge in [-0.2, -0.15) is 0 Å². The number of benzene rings is 3. The number of nitrogens with zero attached hydrogens (tertiary/aromatic N) is 2. The molecule has 2 heterocycles. The van der Waals surface area contributed by atoms with Crippen LogP contribution in [0, 0.1) is 0 Å². The first-order chi connectivity index (χ1) is 20.2. The van der Waals surface area contributed by atoms with Gasteiger partial charge in [-0.25, -0.2) is 9.79 Å². The van der Waals surface area contributed by atoms with Crippen LogP contribution < -0.4 is 24.9 Å². The fourth-order valence-corrected chi connectivity index (χ4v) is 5.86. The zero-order valence-electron chi connectivity index (χ0n) is 23.2. The molecule has 1 atom stereocenters. The third-order valence-corrected chi connectivity index (χ3v) is 7.73. The molecule has 1 unspecified atom stereocenters. The van der Waals surface area contributed by atoms with Crippen LogP contribution in [0.5, 0.6) is 5.75 Å². The molecule has 10 heteroatoms. The smallest absolute Gasteiger partial charge is 0.338 e. The summed E-state index contributed by atoms with van der Waals surface area (Å²) in [7, 11) is 0. The van der Waals surface area contributed by atoms with Gasteiger partial charge in [0.25, 0.3) is 11.5 Å². The number of fused-ring (bicyclic) bond motifs is 1. The Bertz CT molecular complexity index is 1860. The molecular formula is C32H28ClN3O5S. The highest BCUT2D eigenvalue weighted by molar-refractivity contribution is 7.07. The van der Waals surface area contributed by atoms with Crippen molar-refractivity contribution in [1.82, 2.24) is 4.57 Å². The van der Waals surface area contributed by atoms with E-state index in [-0.39, 0.29) is 29.8 Å². The summed E-state index contributed by atoms with van der Waals surface area (Å²) in [6, 6.07) is 22.5. The van der Waals surface area contributed by atoms with Gasteiger partial charge in [0, 0.05) is 16.3 Å². The maximum atomic E-state index is 14.0. The Morgan fingerprint density at radius 3 is 2.48 bits per heavy atom. The Balaban J connectivity index is 1.53. The molecule has 4 aromatic rings. The second-order valence-electron chi connectivity index (χ2n) is 9.80. The number of hydrogen-bond acceptors (Lipinski definition) is 7. The number of rotatable bonds is 8. The van der Waals surface area contributed by atoms with Gasteiger partial charge in [0.1, 0.15) is 11.8 Å². The van der Waals surface area contributed by atoms with E-state index in [4.69, 9.17) is 21.1 Å². The zero-order chi connectivity index (χ0) is 29.8. The first-order valence-corrected chi connectivity index (χ1v) is 14.5. The number of halogens is 1. The summed E-state index contributed by atoms with van der Waals surface area (Å²) >= 11 is 7.79. The molecule has 1 aromatic heterocycles. The number of ether oxygens (including phenoxy) is 2. The van der Waals surface area contributed by atoms with Crippen LogP contribution in [0.1, 0.15) is 37.9 Å². The Hall–Kier alpha value is -4.47. The van der Waals surface area contributed by atoms with Crippen molar-refractivity contribution in [3.63, 3.8) is 0 Å². The fourth-order valence-electron chi connectivity index (χ4n) is 4.59. The second-order valence-corrected chi connectivity index (χ2v) is 11.2. The van der Waals surface area contributed by atoms with Crippen LogP contribution in [-0.4, -0.2) is 29.2 Å². The lowest BCUT2D eigenvalue weighted by Gasteiger charge is -2.26. The molecule has 214 valence electrons.